The molecule has 1 aromatic carbocycles. The second-order valence-electron chi connectivity index (χ2n) is 6.67. The van der Waals surface area contributed by atoms with Crippen molar-refractivity contribution >= 4 is 5.91 Å². The fourth-order valence-electron chi connectivity index (χ4n) is 3.36. The van der Waals surface area contributed by atoms with Crippen LogP contribution in [0.15, 0.2) is 48.8 Å². The maximum atomic E-state index is 13.9. The molecule has 1 fully saturated rings. The largest absolute Gasteiger partial charge is 0.341 e. The molecule has 2 aromatic rings. The Morgan fingerprint density at radius 1 is 1.32 bits per heavy atom. The van der Waals surface area contributed by atoms with Crippen molar-refractivity contribution in [2.45, 2.75) is 31.8 Å². The third-order valence-corrected chi connectivity index (χ3v) is 4.85. The Bertz CT molecular complexity index is 707. The zero-order valence-corrected chi connectivity index (χ0v) is 14.6. The summed E-state index contributed by atoms with van der Waals surface area (Å²) in [5.74, 6) is -0.0589. The second-order valence-corrected chi connectivity index (χ2v) is 6.67. The summed E-state index contributed by atoms with van der Waals surface area (Å²) in [5, 5.41) is 0. The second kappa shape index (κ2) is 8.21. The zero-order valence-electron chi connectivity index (χ0n) is 14.6. The summed E-state index contributed by atoms with van der Waals surface area (Å²) in [6, 6.07) is 10.8. The highest BCUT2D eigenvalue weighted by Gasteiger charge is 2.26. The number of carbonyl (C=O) groups excluding carboxylic acids is 1. The number of amides is 1. The molecule has 2 heterocycles. The van der Waals surface area contributed by atoms with Crippen molar-refractivity contribution in [2.24, 2.45) is 0 Å². The lowest BCUT2D eigenvalue weighted by atomic mass is 10.0. The highest BCUT2D eigenvalue weighted by atomic mass is 19.1. The number of piperidine rings is 1. The van der Waals surface area contributed by atoms with E-state index in [1.807, 2.05) is 36.2 Å². The van der Waals surface area contributed by atoms with Gasteiger partial charge in [0.25, 0.3) is 0 Å². The van der Waals surface area contributed by atoms with Gasteiger partial charge < -0.3 is 4.90 Å². The van der Waals surface area contributed by atoms with Gasteiger partial charge in [-0.2, -0.15) is 0 Å². The van der Waals surface area contributed by atoms with E-state index in [2.05, 4.69) is 9.88 Å². The molecule has 132 valence electrons. The number of aromatic nitrogens is 1. The lowest BCUT2D eigenvalue weighted by molar-refractivity contribution is -0.132. The van der Waals surface area contributed by atoms with Gasteiger partial charge in [0, 0.05) is 44.1 Å². The number of benzene rings is 1. The molecule has 0 radical (unpaired) electrons. The Morgan fingerprint density at radius 2 is 2.16 bits per heavy atom. The van der Waals surface area contributed by atoms with Gasteiger partial charge in [-0.15, -0.1) is 0 Å². The summed E-state index contributed by atoms with van der Waals surface area (Å²) in [7, 11) is 1.87. The average molecular weight is 341 g/mol. The first-order valence-electron chi connectivity index (χ1n) is 8.74. The standard InChI is InChI=1S/C20H24FN3O/c1-23(20(25)12-16-6-4-10-22-13-16)18-8-5-11-24(15-18)14-17-7-2-3-9-19(17)21/h2-4,6-7,9-10,13,18H,5,8,11-12,14-15H2,1H3. The van der Waals surface area contributed by atoms with Gasteiger partial charge in [0.2, 0.25) is 5.91 Å². The minimum atomic E-state index is -0.161. The molecule has 1 unspecified atom stereocenters. The van der Waals surface area contributed by atoms with Gasteiger partial charge in [0.15, 0.2) is 0 Å². The van der Waals surface area contributed by atoms with E-state index in [0.29, 0.717) is 18.5 Å². The molecule has 1 amide bonds. The molecular formula is C20H24FN3O. The van der Waals surface area contributed by atoms with E-state index in [-0.39, 0.29) is 17.8 Å². The molecule has 1 atom stereocenters. The van der Waals surface area contributed by atoms with Crippen LogP contribution in [0.25, 0.3) is 0 Å². The summed E-state index contributed by atoms with van der Waals surface area (Å²) >= 11 is 0. The number of nitrogens with zero attached hydrogens (tertiary/aromatic N) is 3. The SMILES string of the molecule is CN(C(=O)Cc1cccnc1)C1CCCN(Cc2ccccc2F)C1. The Morgan fingerprint density at radius 3 is 2.92 bits per heavy atom. The van der Waals surface area contributed by atoms with Crippen molar-refractivity contribution in [3.05, 3.63) is 65.7 Å². The van der Waals surface area contributed by atoms with Crippen LogP contribution in [0.5, 0.6) is 0 Å². The predicted octanol–water partition coefficient (Wildman–Crippen LogP) is 2.89. The molecule has 1 aliphatic rings. The molecule has 0 spiro atoms. The fourth-order valence-corrected chi connectivity index (χ4v) is 3.36. The summed E-state index contributed by atoms with van der Waals surface area (Å²) in [6.45, 7) is 2.31. The average Bonchev–Trinajstić information content (AvgIpc) is 2.64. The number of rotatable bonds is 5. The normalized spacial score (nSPS) is 18.1. The summed E-state index contributed by atoms with van der Waals surface area (Å²) in [6.07, 6.45) is 5.82. The minimum absolute atomic E-state index is 0.103. The number of pyridine rings is 1. The van der Waals surface area contributed by atoms with E-state index in [0.717, 1.165) is 31.5 Å². The number of hydrogen-bond acceptors (Lipinski definition) is 3. The van der Waals surface area contributed by atoms with Crippen molar-refractivity contribution in [3.63, 3.8) is 0 Å². The van der Waals surface area contributed by atoms with Crippen molar-refractivity contribution in [1.29, 1.82) is 0 Å². The lowest BCUT2D eigenvalue weighted by Crippen LogP contribution is -2.48. The zero-order chi connectivity index (χ0) is 17.6. The van der Waals surface area contributed by atoms with E-state index in [1.54, 1.807) is 18.5 Å². The summed E-state index contributed by atoms with van der Waals surface area (Å²) in [4.78, 5) is 20.7. The summed E-state index contributed by atoms with van der Waals surface area (Å²) < 4.78 is 13.9. The smallest absolute Gasteiger partial charge is 0.227 e. The van der Waals surface area contributed by atoms with Crippen molar-refractivity contribution in [3.8, 4) is 0 Å². The Kier molecular flexibility index (Phi) is 5.76. The summed E-state index contributed by atoms with van der Waals surface area (Å²) in [5.41, 5.74) is 1.64. The molecule has 0 aliphatic carbocycles. The Hall–Kier alpha value is -2.27. The van der Waals surface area contributed by atoms with Gasteiger partial charge in [-0.3, -0.25) is 14.7 Å². The number of carbonyl (C=O) groups is 1. The molecule has 4 nitrogen and oxygen atoms in total. The van der Waals surface area contributed by atoms with Gasteiger partial charge >= 0.3 is 0 Å². The Labute approximate surface area is 148 Å². The van der Waals surface area contributed by atoms with Gasteiger partial charge in [0.1, 0.15) is 5.82 Å². The first kappa shape index (κ1) is 17.5. The molecule has 1 saturated heterocycles. The molecule has 1 aliphatic heterocycles. The molecule has 3 rings (SSSR count). The van der Waals surface area contributed by atoms with Gasteiger partial charge in [-0.1, -0.05) is 24.3 Å². The quantitative estimate of drug-likeness (QED) is 0.839. The van der Waals surface area contributed by atoms with Crippen molar-refractivity contribution in [1.82, 2.24) is 14.8 Å². The molecule has 25 heavy (non-hydrogen) atoms. The van der Waals surface area contributed by atoms with Gasteiger partial charge in [-0.25, -0.2) is 4.39 Å². The van der Waals surface area contributed by atoms with Crippen molar-refractivity contribution in [2.75, 3.05) is 20.1 Å². The number of hydrogen-bond donors (Lipinski definition) is 0. The number of likely N-dealkylation sites (tertiary alicyclic amines) is 1. The molecule has 0 N–H and O–H groups in total. The predicted molar refractivity (Wildman–Crippen MR) is 95.4 cm³/mol. The van der Waals surface area contributed by atoms with Crippen LogP contribution < -0.4 is 0 Å². The van der Waals surface area contributed by atoms with Crippen LogP contribution >= 0.6 is 0 Å². The third-order valence-electron chi connectivity index (χ3n) is 4.85. The fraction of sp³-hybridized carbons (Fsp3) is 0.400. The number of halogens is 1. The Balaban J connectivity index is 1.58. The third kappa shape index (κ3) is 4.63. The van der Waals surface area contributed by atoms with E-state index in [1.165, 1.54) is 6.07 Å². The van der Waals surface area contributed by atoms with E-state index in [9.17, 15) is 9.18 Å². The van der Waals surface area contributed by atoms with Crippen LogP contribution in [0.4, 0.5) is 4.39 Å². The van der Waals surface area contributed by atoms with Crippen LogP contribution in [0.1, 0.15) is 24.0 Å². The highest BCUT2D eigenvalue weighted by Crippen LogP contribution is 2.19. The van der Waals surface area contributed by atoms with Crippen LogP contribution in [-0.2, 0) is 17.8 Å². The van der Waals surface area contributed by atoms with Crippen LogP contribution in [-0.4, -0.2) is 46.9 Å². The van der Waals surface area contributed by atoms with E-state index < -0.39 is 0 Å². The van der Waals surface area contributed by atoms with Gasteiger partial charge in [0.05, 0.1) is 6.42 Å². The minimum Gasteiger partial charge on any atom is -0.341 e. The van der Waals surface area contributed by atoms with Crippen LogP contribution in [0.3, 0.4) is 0 Å². The monoisotopic (exact) mass is 341 g/mol. The van der Waals surface area contributed by atoms with Gasteiger partial charge in [-0.05, 0) is 37.1 Å². The van der Waals surface area contributed by atoms with Crippen LogP contribution in [0, 0.1) is 5.82 Å². The molecule has 0 saturated carbocycles. The topological polar surface area (TPSA) is 36.4 Å². The van der Waals surface area contributed by atoms with E-state index in [4.69, 9.17) is 0 Å². The van der Waals surface area contributed by atoms with Crippen LogP contribution in [0.2, 0.25) is 0 Å². The van der Waals surface area contributed by atoms with E-state index >= 15 is 0 Å². The first-order valence-corrected chi connectivity index (χ1v) is 8.74. The molecular weight excluding hydrogens is 317 g/mol. The maximum Gasteiger partial charge on any atom is 0.227 e. The highest BCUT2D eigenvalue weighted by molar-refractivity contribution is 5.78. The molecule has 5 heteroatoms. The molecule has 0 bridgehead atoms. The maximum absolute atomic E-state index is 13.9. The number of likely N-dealkylation sites (N-methyl/N-ethyl adjacent to an activating group) is 1. The lowest BCUT2D eigenvalue weighted by Gasteiger charge is -2.37. The molecule has 1 aromatic heterocycles. The van der Waals surface area contributed by atoms with Crippen molar-refractivity contribution < 1.29 is 9.18 Å². The first-order chi connectivity index (χ1) is 12.1.